The first-order chi connectivity index (χ1) is 9.20. The van der Waals surface area contributed by atoms with Gasteiger partial charge in [0.15, 0.2) is 0 Å². The highest BCUT2D eigenvalue weighted by atomic mass is 35.5. The van der Waals surface area contributed by atoms with Crippen LogP contribution in [0.4, 0.5) is 5.69 Å². The molecule has 2 nitrogen and oxygen atoms in total. The molecule has 19 heavy (non-hydrogen) atoms. The molecule has 0 heterocycles. The number of nitrogen functional groups attached to an aromatic ring is 1. The maximum atomic E-state index is 6.15. The highest BCUT2D eigenvalue weighted by Crippen LogP contribution is 2.36. The molecule has 0 spiro atoms. The van der Waals surface area contributed by atoms with Crippen LogP contribution in [-0.2, 0) is 0 Å². The molecule has 2 rings (SSSR count). The number of hydrogen-bond donors (Lipinski definition) is 1. The molecule has 0 saturated carbocycles. The van der Waals surface area contributed by atoms with E-state index in [1.54, 1.807) is 11.8 Å². The molecule has 0 aliphatic carbocycles. The molecule has 100 valence electrons. The molecule has 0 atom stereocenters. The van der Waals surface area contributed by atoms with E-state index < -0.39 is 0 Å². The zero-order valence-corrected chi connectivity index (χ0v) is 12.3. The lowest BCUT2D eigenvalue weighted by molar-refractivity contribution is 0.318. The quantitative estimate of drug-likeness (QED) is 0.799. The Labute approximate surface area is 122 Å². The standard InChI is InChI=1S/C15H16ClNOS/c1-2-9-18-14-10-11(7-8-13(14)17)19-15-6-4-3-5-12(15)16/h3-8,10H,2,9,17H2,1H3. The summed E-state index contributed by atoms with van der Waals surface area (Å²) in [5, 5.41) is 0.750. The van der Waals surface area contributed by atoms with E-state index >= 15 is 0 Å². The van der Waals surface area contributed by atoms with Gasteiger partial charge in [-0.2, -0.15) is 0 Å². The van der Waals surface area contributed by atoms with Crippen molar-refractivity contribution >= 4 is 29.1 Å². The topological polar surface area (TPSA) is 35.2 Å². The molecule has 0 aromatic heterocycles. The van der Waals surface area contributed by atoms with E-state index in [9.17, 15) is 0 Å². The molecular weight excluding hydrogens is 278 g/mol. The first-order valence-corrected chi connectivity index (χ1v) is 7.35. The Morgan fingerprint density at radius 3 is 2.74 bits per heavy atom. The summed E-state index contributed by atoms with van der Waals surface area (Å²) in [7, 11) is 0. The number of hydrogen-bond acceptors (Lipinski definition) is 3. The van der Waals surface area contributed by atoms with Crippen molar-refractivity contribution in [3.05, 3.63) is 47.5 Å². The predicted molar refractivity (Wildman–Crippen MR) is 82.2 cm³/mol. The molecule has 0 bridgehead atoms. The summed E-state index contributed by atoms with van der Waals surface area (Å²) in [5.41, 5.74) is 6.56. The molecule has 0 radical (unpaired) electrons. The third kappa shape index (κ3) is 3.82. The Bertz CT molecular complexity index is 560. The SMILES string of the molecule is CCCOc1cc(Sc2ccccc2Cl)ccc1N. The molecule has 0 fully saturated rings. The monoisotopic (exact) mass is 293 g/mol. The van der Waals surface area contributed by atoms with Gasteiger partial charge in [0.05, 0.1) is 17.3 Å². The second-order valence-corrected chi connectivity index (χ2v) is 5.60. The minimum absolute atomic E-state index is 0.664. The fourth-order valence-corrected chi connectivity index (χ4v) is 2.69. The summed E-state index contributed by atoms with van der Waals surface area (Å²) in [6, 6.07) is 13.6. The second kappa shape index (κ2) is 6.73. The Hall–Kier alpha value is -1.32. The van der Waals surface area contributed by atoms with Crippen LogP contribution in [0, 0.1) is 0 Å². The van der Waals surface area contributed by atoms with Gasteiger partial charge in [-0.05, 0) is 36.8 Å². The Balaban J connectivity index is 2.19. The Kier molecular flexibility index (Phi) is 5.00. The van der Waals surface area contributed by atoms with Crippen LogP contribution in [-0.4, -0.2) is 6.61 Å². The predicted octanol–water partition coefficient (Wildman–Crippen LogP) is 4.86. The van der Waals surface area contributed by atoms with Crippen LogP contribution in [0.15, 0.2) is 52.3 Å². The van der Waals surface area contributed by atoms with E-state index in [1.807, 2.05) is 42.5 Å². The van der Waals surface area contributed by atoms with Gasteiger partial charge in [0.2, 0.25) is 0 Å². The lowest BCUT2D eigenvalue weighted by Gasteiger charge is -2.10. The van der Waals surface area contributed by atoms with E-state index in [0.717, 1.165) is 27.0 Å². The number of anilines is 1. The number of benzene rings is 2. The van der Waals surface area contributed by atoms with Crippen LogP contribution in [0.2, 0.25) is 5.02 Å². The summed E-state index contributed by atoms with van der Waals surface area (Å²) in [4.78, 5) is 2.09. The van der Waals surface area contributed by atoms with E-state index in [1.165, 1.54) is 0 Å². The van der Waals surface area contributed by atoms with Crippen molar-refractivity contribution in [1.82, 2.24) is 0 Å². The van der Waals surface area contributed by atoms with E-state index in [-0.39, 0.29) is 0 Å². The van der Waals surface area contributed by atoms with Crippen molar-refractivity contribution in [2.75, 3.05) is 12.3 Å². The van der Waals surface area contributed by atoms with Crippen molar-refractivity contribution in [1.29, 1.82) is 0 Å². The summed E-state index contributed by atoms with van der Waals surface area (Å²) in [6.45, 7) is 2.74. The van der Waals surface area contributed by atoms with Crippen LogP contribution in [0.3, 0.4) is 0 Å². The van der Waals surface area contributed by atoms with Gasteiger partial charge in [-0.1, -0.05) is 42.4 Å². The van der Waals surface area contributed by atoms with Crippen molar-refractivity contribution in [2.24, 2.45) is 0 Å². The van der Waals surface area contributed by atoms with Crippen LogP contribution >= 0.6 is 23.4 Å². The van der Waals surface area contributed by atoms with Gasteiger partial charge in [-0.15, -0.1) is 0 Å². The van der Waals surface area contributed by atoms with Gasteiger partial charge < -0.3 is 10.5 Å². The summed E-state index contributed by atoms with van der Waals surface area (Å²) < 4.78 is 5.62. The van der Waals surface area contributed by atoms with Gasteiger partial charge in [-0.3, -0.25) is 0 Å². The first-order valence-electron chi connectivity index (χ1n) is 6.15. The molecular formula is C15H16ClNOS. The van der Waals surface area contributed by atoms with Crippen molar-refractivity contribution in [3.8, 4) is 5.75 Å². The lowest BCUT2D eigenvalue weighted by atomic mass is 10.3. The molecule has 2 aromatic carbocycles. The lowest BCUT2D eigenvalue weighted by Crippen LogP contribution is -1.98. The van der Waals surface area contributed by atoms with Gasteiger partial charge in [0.25, 0.3) is 0 Å². The largest absolute Gasteiger partial charge is 0.491 e. The Morgan fingerprint density at radius 1 is 1.21 bits per heavy atom. The van der Waals surface area contributed by atoms with E-state index in [4.69, 9.17) is 22.1 Å². The highest BCUT2D eigenvalue weighted by molar-refractivity contribution is 7.99. The summed E-state index contributed by atoms with van der Waals surface area (Å²) >= 11 is 7.76. The second-order valence-electron chi connectivity index (χ2n) is 4.08. The normalized spacial score (nSPS) is 10.4. The molecule has 0 aliphatic rings. The van der Waals surface area contributed by atoms with Gasteiger partial charge in [-0.25, -0.2) is 0 Å². The average molecular weight is 294 g/mol. The van der Waals surface area contributed by atoms with E-state index in [0.29, 0.717) is 12.3 Å². The summed E-state index contributed by atoms with van der Waals surface area (Å²) in [6.07, 6.45) is 0.960. The van der Waals surface area contributed by atoms with Crippen molar-refractivity contribution in [3.63, 3.8) is 0 Å². The van der Waals surface area contributed by atoms with Crippen molar-refractivity contribution < 1.29 is 4.74 Å². The van der Waals surface area contributed by atoms with Crippen LogP contribution in [0.1, 0.15) is 13.3 Å². The maximum absolute atomic E-state index is 6.15. The molecule has 4 heteroatoms. The smallest absolute Gasteiger partial charge is 0.143 e. The zero-order valence-electron chi connectivity index (χ0n) is 10.7. The maximum Gasteiger partial charge on any atom is 0.143 e. The molecule has 2 aromatic rings. The number of rotatable bonds is 5. The van der Waals surface area contributed by atoms with Crippen LogP contribution in [0.5, 0.6) is 5.75 Å². The van der Waals surface area contributed by atoms with Gasteiger partial charge in [0.1, 0.15) is 5.75 Å². The molecule has 0 aliphatic heterocycles. The molecule has 0 saturated heterocycles. The van der Waals surface area contributed by atoms with Crippen LogP contribution < -0.4 is 10.5 Å². The molecule has 0 unspecified atom stereocenters. The van der Waals surface area contributed by atoms with Crippen LogP contribution in [0.25, 0.3) is 0 Å². The Morgan fingerprint density at radius 2 is 2.00 bits per heavy atom. The molecule has 2 N–H and O–H groups in total. The average Bonchev–Trinajstić information content (AvgIpc) is 2.42. The fourth-order valence-electron chi connectivity index (χ4n) is 1.57. The van der Waals surface area contributed by atoms with E-state index in [2.05, 4.69) is 6.92 Å². The third-order valence-corrected chi connectivity index (χ3v) is 4.02. The van der Waals surface area contributed by atoms with Crippen molar-refractivity contribution in [2.45, 2.75) is 23.1 Å². The minimum Gasteiger partial charge on any atom is -0.491 e. The number of ether oxygens (including phenoxy) is 1. The molecule has 0 amide bonds. The first kappa shape index (κ1) is 14.1. The van der Waals surface area contributed by atoms with Gasteiger partial charge in [0, 0.05) is 9.79 Å². The summed E-state index contributed by atoms with van der Waals surface area (Å²) in [5.74, 6) is 0.735. The number of halogens is 1. The number of nitrogens with two attached hydrogens (primary N) is 1. The zero-order chi connectivity index (χ0) is 13.7. The fraction of sp³-hybridized carbons (Fsp3) is 0.200. The van der Waals surface area contributed by atoms with Gasteiger partial charge >= 0.3 is 0 Å². The minimum atomic E-state index is 0.664. The highest BCUT2D eigenvalue weighted by Gasteiger charge is 2.06. The third-order valence-electron chi connectivity index (χ3n) is 2.51.